The van der Waals surface area contributed by atoms with Crippen molar-refractivity contribution in [2.24, 2.45) is 5.41 Å². The van der Waals surface area contributed by atoms with Gasteiger partial charge in [-0.25, -0.2) is 0 Å². The second-order valence-electron chi connectivity index (χ2n) is 4.07. The molecule has 0 spiro atoms. The van der Waals surface area contributed by atoms with Gasteiger partial charge >= 0.3 is 92.1 Å². The first kappa shape index (κ1) is 11.2. The Kier molecular flexibility index (Phi) is 3.98. The summed E-state index contributed by atoms with van der Waals surface area (Å²) in [4.78, 5) is 0. The maximum atomic E-state index is 3.35. The first-order valence-electron chi connectivity index (χ1n) is 4.46. The summed E-state index contributed by atoms with van der Waals surface area (Å²) < 4.78 is 1.57. The van der Waals surface area contributed by atoms with Crippen molar-refractivity contribution in [3.05, 3.63) is 9.38 Å². The van der Waals surface area contributed by atoms with E-state index >= 15 is 0 Å². The van der Waals surface area contributed by atoms with Crippen molar-refractivity contribution in [1.29, 1.82) is 0 Å². The van der Waals surface area contributed by atoms with Crippen LogP contribution in [-0.2, 0) is 0 Å². The van der Waals surface area contributed by atoms with E-state index in [1.165, 1.54) is 17.3 Å². The van der Waals surface area contributed by atoms with Crippen LogP contribution in [0.2, 0.25) is 5.32 Å². The Hall–Kier alpha value is 0.169. The summed E-state index contributed by atoms with van der Waals surface area (Å²) in [6, 6.07) is 0. The van der Waals surface area contributed by atoms with Crippen molar-refractivity contribution in [2.75, 3.05) is 6.26 Å². The summed E-state index contributed by atoms with van der Waals surface area (Å²) in [5, 5.41) is 1.36. The summed E-state index contributed by atoms with van der Waals surface area (Å²) in [5.41, 5.74) is 1.56. The minimum atomic E-state index is 0.145. The zero-order chi connectivity index (χ0) is 9.90. The standard InChI is InChI=1S/C11H16SSe/c1-11(2,3)7-5-9-6-8-13-10(9)12-4/h6,8H2,1-4H3. The summed E-state index contributed by atoms with van der Waals surface area (Å²) in [6.45, 7) is 6.50. The molecule has 0 radical (unpaired) electrons. The van der Waals surface area contributed by atoms with E-state index in [1.807, 2.05) is 11.8 Å². The van der Waals surface area contributed by atoms with Gasteiger partial charge in [0.2, 0.25) is 0 Å². The molecule has 1 rings (SSSR count). The van der Waals surface area contributed by atoms with E-state index in [4.69, 9.17) is 0 Å². The predicted molar refractivity (Wildman–Crippen MR) is 63.0 cm³/mol. The van der Waals surface area contributed by atoms with Gasteiger partial charge in [0.25, 0.3) is 0 Å². The van der Waals surface area contributed by atoms with E-state index in [0.29, 0.717) is 0 Å². The van der Waals surface area contributed by atoms with Crippen LogP contribution in [0.15, 0.2) is 9.38 Å². The molecule has 2 heteroatoms. The normalized spacial score (nSPS) is 17.2. The van der Waals surface area contributed by atoms with E-state index in [2.05, 4.69) is 38.9 Å². The molecule has 1 heterocycles. The molecule has 0 aromatic rings. The van der Waals surface area contributed by atoms with Crippen molar-refractivity contribution in [2.45, 2.75) is 32.5 Å². The molecule has 0 amide bonds. The maximum absolute atomic E-state index is 3.35. The third-order valence-electron chi connectivity index (χ3n) is 1.61. The fourth-order valence-electron chi connectivity index (χ4n) is 0.994. The second-order valence-corrected chi connectivity index (χ2v) is 7.79. The Balaban J connectivity index is 2.76. The van der Waals surface area contributed by atoms with Gasteiger partial charge in [-0.15, -0.1) is 0 Å². The third kappa shape index (κ3) is 3.81. The molecule has 0 saturated carbocycles. The van der Waals surface area contributed by atoms with Gasteiger partial charge < -0.3 is 0 Å². The van der Waals surface area contributed by atoms with Crippen LogP contribution in [0.1, 0.15) is 27.2 Å². The van der Waals surface area contributed by atoms with Crippen molar-refractivity contribution < 1.29 is 0 Å². The average molecular weight is 259 g/mol. The first-order chi connectivity index (χ1) is 6.03. The van der Waals surface area contributed by atoms with Crippen LogP contribution in [0.4, 0.5) is 0 Å². The summed E-state index contributed by atoms with van der Waals surface area (Å²) in [5.74, 6) is 6.66. The van der Waals surface area contributed by atoms with Gasteiger partial charge in [0.15, 0.2) is 0 Å². The number of hydrogen-bond donors (Lipinski definition) is 0. The Morgan fingerprint density at radius 2 is 2.08 bits per heavy atom. The molecular formula is C11H16SSe. The number of thioether (sulfide) groups is 1. The van der Waals surface area contributed by atoms with E-state index < -0.39 is 0 Å². The van der Waals surface area contributed by atoms with Gasteiger partial charge in [-0.1, -0.05) is 0 Å². The Bertz CT molecular complexity index is 273. The SMILES string of the molecule is CSC1=C(C#CC(C)(C)C)CC[Se]1. The number of hydrogen-bond acceptors (Lipinski definition) is 1. The molecule has 0 aromatic heterocycles. The fraction of sp³-hybridized carbons (Fsp3) is 0.636. The Morgan fingerprint density at radius 1 is 1.38 bits per heavy atom. The monoisotopic (exact) mass is 260 g/mol. The molecule has 0 fully saturated rings. The zero-order valence-corrected chi connectivity index (χ0v) is 11.3. The average Bonchev–Trinajstić information content (AvgIpc) is 2.46. The van der Waals surface area contributed by atoms with Gasteiger partial charge in [0.1, 0.15) is 0 Å². The van der Waals surface area contributed by atoms with Gasteiger partial charge in [0, 0.05) is 0 Å². The molecule has 1 aliphatic rings. The molecule has 0 bridgehead atoms. The van der Waals surface area contributed by atoms with Crippen molar-refractivity contribution in [3.63, 3.8) is 0 Å². The molecule has 0 atom stereocenters. The van der Waals surface area contributed by atoms with Gasteiger partial charge in [0.05, 0.1) is 0 Å². The molecular weight excluding hydrogens is 243 g/mol. The first-order valence-corrected chi connectivity index (χ1v) is 7.75. The number of rotatable bonds is 1. The predicted octanol–water partition coefficient (Wildman–Crippen LogP) is 3.14. The van der Waals surface area contributed by atoms with Crippen LogP contribution in [0.25, 0.3) is 0 Å². The summed E-state index contributed by atoms with van der Waals surface area (Å²) in [6.07, 6.45) is 3.39. The molecule has 0 saturated heterocycles. The number of allylic oxidation sites excluding steroid dienone is 1. The van der Waals surface area contributed by atoms with E-state index in [1.54, 1.807) is 3.80 Å². The van der Waals surface area contributed by atoms with Crippen LogP contribution >= 0.6 is 11.8 Å². The fourth-order valence-corrected chi connectivity index (χ4v) is 4.40. The van der Waals surface area contributed by atoms with Crippen LogP contribution in [-0.4, -0.2) is 21.2 Å². The Labute approximate surface area is 92.1 Å². The molecule has 72 valence electrons. The second kappa shape index (κ2) is 4.60. The third-order valence-corrected chi connectivity index (χ3v) is 5.81. The zero-order valence-electron chi connectivity index (χ0n) is 8.73. The molecule has 13 heavy (non-hydrogen) atoms. The van der Waals surface area contributed by atoms with Crippen LogP contribution in [0, 0.1) is 17.3 Å². The minimum absolute atomic E-state index is 0.145. The molecule has 0 nitrogen and oxygen atoms in total. The molecule has 0 aliphatic carbocycles. The van der Waals surface area contributed by atoms with E-state index in [0.717, 1.165) is 15.0 Å². The van der Waals surface area contributed by atoms with Gasteiger partial charge in [-0.2, -0.15) is 0 Å². The van der Waals surface area contributed by atoms with Gasteiger partial charge in [-0.3, -0.25) is 0 Å². The topological polar surface area (TPSA) is 0 Å². The van der Waals surface area contributed by atoms with Crippen molar-refractivity contribution in [3.8, 4) is 11.8 Å². The Morgan fingerprint density at radius 3 is 2.62 bits per heavy atom. The summed E-state index contributed by atoms with van der Waals surface area (Å²) in [7, 11) is 0. The van der Waals surface area contributed by atoms with Crippen molar-refractivity contribution >= 4 is 26.7 Å². The van der Waals surface area contributed by atoms with Crippen molar-refractivity contribution in [1.82, 2.24) is 0 Å². The van der Waals surface area contributed by atoms with Crippen LogP contribution in [0.3, 0.4) is 0 Å². The molecule has 0 unspecified atom stereocenters. The van der Waals surface area contributed by atoms with E-state index in [-0.39, 0.29) is 5.41 Å². The molecule has 1 aliphatic heterocycles. The molecule has 0 N–H and O–H groups in total. The van der Waals surface area contributed by atoms with Gasteiger partial charge in [-0.05, 0) is 0 Å². The quantitative estimate of drug-likeness (QED) is 0.515. The van der Waals surface area contributed by atoms with Crippen LogP contribution in [0.5, 0.6) is 0 Å². The molecule has 0 aromatic carbocycles. The van der Waals surface area contributed by atoms with Crippen LogP contribution < -0.4 is 0 Å². The van der Waals surface area contributed by atoms with E-state index in [9.17, 15) is 0 Å². The summed E-state index contributed by atoms with van der Waals surface area (Å²) >= 11 is 2.62.